The molecule has 9 heteroatoms. The Labute approximate surface area is 160 Å². The second-order valence-corrected chi connectivity index (χ2v) is 7.57. The fraction of sp³-hybridized carbons (Fsp3) is 0.353. The molecule has 2 fully saturated rings. The van der Waals surface area contributed by atoms with Crippen LogP contribution in [0.2, 0.25) is 5.02 Å². The molecule has 1 aromatic carbocycles. The van der Waals surface area contributed by atoms with Crippen LogP contribution in [0.4, 0.5) is 4.79 Å². The van der Waals surface area contributed by atoms with Crippen molar-refractivity contribution in [2.75, 3.05) is 39.8 Å². The summed E-state index contributed by atoms with van der Waals surface area (Å²) in [7, 11) is 2.02. The van der Waals surface area contributed by atoms with Crippen molar-refractivity contribution in [3.8, 4) is 0 Å². The number of nitrogens with one attached hydrogen (secondary N) is 1. The molecule has 2 aliphatic rings. The predicted octanol–water partition coefficient (Wildman–Crippen LogP) is 1.65. The summed E-state index contributed by atoms with van der Waals surface area (Å²) in [5.41, 5.74) is 3.52. The van der Waals surface area contributed by atoms with Gasteiger partial charge < -0.3 is 4.90 Å². The van der Waals surface area contributed by atoms with E-state index in [1.807, 2.05) is 12.1 Å². The van der Waals surface area contributed by atoms with Crippen molar-refractivity contribution >= 4 is 46.5 Å². The normalized spacial score (nSPS) is 20.8. The summed E-state index contributed by atoms with van der Waals surface area (Å²) in [5.74, 6) is -0.826. The zero-order chi connectivity index (χ0) is 18.7. The molecule has 0 spiro atoms. The number of thioether (sulfide) groups is 1. The van der Waals surface area contributed by atoms with Gasteiger partial charge >= 0.3 is 0 Å². The second kappa shape index (κ2) is 8.22. The molecule has 26 heavy (non-hydrogen) atoms. The summed E-state index contributed by atoms with van der Waals surface area (Å²) < 4.78 is 0. The Morgan fingerprint density at radius 2 is 1.85 bits per heavy atom. The van der Waals surface area contributed by atoms with Crippen LogP contribution in [0.15, 0.2) is 29.2 Å². The Hall–Kier alpha value is -1.87. The van der Waals surface area contributed by atoms with Gasteiger partial charge in [-0.15, -0.1) is 0 Å². The fourth-order valence-corrected chi connectivity index (χ4v) is 3.58. The molecule has 3 rings (SSSR count). The zero-order valence-corrected chi connectivity index (χ0v) is 15.8. The van der Waals surface area contributed by atoms with Crippen LogP contribution in [-0.4, -0.2) is 71.6 Å². The van der Waals surface area contributed by atoms with Gasteiger partial charge in [0, 0.05) is 31.2 Å². The second-order valence-electron chi connectivity index (χ2n) is 6.14. The van der Waals surface area contributed by atoms with Gasteiger partial charge in [-0.1, -0.05) is 23.7 Å². The van der Waals surface area contributed by atoms with Gasteiger partial charge in [-0.2, -0.15) is 0 Å². The molecule has 0 radical (unpaired) electrons. The van der Waals surface area contributed by atoms with Gasteiger partial charge in [-0.25, -0.2) is 5.01 Å². The highest BCUT2D eigenvalue weighted by Crippen LogP contribution is 2.32. The van der Waals surface area contributed by atoms with Crippen LogP contribution < -0.4 is 5.43 Å². The van der Waals surface area contributed by atoms with Crippen LogP contribution in [0.5, 0.6) is 0 Å². The first-order chi connectivity index (χ1) is 12.4. The number of amides is 3. The summed E-state index contributed by atoms with van der Waals surface area (Å²) >= 11 is 6.68. The van der Waals surface area contributed by atoms with E-state index in [0.717, 1.165) is 35.3 Å². The van der Waals surface area contributed by atoms with Gasteiger partial charge in [0.05, 0.1) is 4.91 Å². The number of hydrazine groups is 1. The number of hydrogen-bond acceptors (Lipinski definition) is 6. The first kappa shape index (κ1) is 18.9. The lowest BCUT2D eigenvalue weighted by atomic mass is 10.2. The van der Waals surface area contributed by atoms with E-state index in [1.54, 1.807) is 30.3 Å². The largest absolute Gasteiger partial charge is 0.304 e. The molecule has 0 aliphatic carbocycles. The highest BCUT2D eigenvalue weighted by molar-refractivity contribution is 8.18. The number of nitrogens with zero attached hydrogens (tertiary/aromatic N) is 3. The van der Waals surface area contributed by atoms with Gasteiger partial charge in [0.1, 0.15) is 6.54 Å². The van der Waals surface area contributed by atoms with E-state index in [2.05, 4.69) is 10.3 Å². The molecule has 138 valence electrons. The molecule has 2 saturated heterocycles. The third kappa shape index (κ3) is 4.64. The Kier molecular flexibility index (Phi) is 5.98. The Balaban J connectivity index is 1.60. The first-order valence-electron chi connectivity index (χ1n) is 8.16. The quantitative estimate of drug-likeness (QED) is 0.783. The van der Waals surface area contributed by atoms with Crippen molar-refractivity contribution in [3.05, 3.63) is 39.8 Å². The summed E-state index contributed by atoms with van der Waals surface area (Å²) in [6.45, 7) is 2.84. The molecule has 2 aliphatic heterocycles. The number of imide groups is 1. The molecule has 7 nitrogen and oxygen atoms in total. The number of carbonyl (C=O) groups excluding carboxylic acids is 3. The Morgan fingerprint density at radius 1 is 1.19 bits per heavy atom. The van der Waals surface area contributed by atoms with E-state index in [1.165, 1.54) is 0 Å². The van der Waals surface area contributed by atoms with Crippen molar-refractivity contribution in [2.45, 2.75) is 0 Å². The standard InChI is InChI=1S/C17H19ClN4O3S/c1-20-6-8-21(9-7-20)19-15(23)11-22-16(24)14(26-17(22)25)10-12-2-4-13(18)5-3-12/h2-5,10H,6-9,11H2,1H3,(H,19,23)/b14-10+. The maximum absolute atomic E-state index is 12.4. The lowest BCUT2D eigenvalue weighted by molar-refractivity contribution is -0.132. The van der Waals surface area contributed by atoms with Gasteiger partial charge in [0.15, 0.2) is 0 Å². The number of rotatable bonds is 4. The molecule has 2 heterocycles. The van der Waals surface area contributed by atoms with Gasteiger partial charge in [0.25, 0.3) is 17.1 Å². The molecule has 0 saturated carbocycles. The third-order valence-electron chi connectivity index (χ3n) is 4.13. The Bertz CT molecular complexity index is 745. The van der Waals surface area contributed by atoms with Gasteiger partial charge in [-0.05, 0) is 42.6 Å². The van der Waals surface area contributed by atoms with Crippen LogP contribution in [0.25, 0.3) is 6.08 Å². The maximum Gasteiger partial charge on any atom is 0.294 e. The number of halogens is 1. The lowest BCUT2D eigenvalue weighted by Gasteiger charge is -2.32. The average Bonchev–Trinajstić information content (AvgIpc) is 2.86. The van der Waals surface area contributed by atoms with E-state index < -0.39 is 11.1 Å². The average molecular weight is 395 g/mol. The van der Waals surface area contributed by atoms with Crippen molar-refractivity contribution in [1.29, 1.82) is 0 Å². The lowest BCUT2D eigenvalue weighted by Crippen LogP contribution is -2.54. The topological polar surface area (TPSA) is 73.0 Å². The molecule has 0 aromatic heterocycles. The van der Waals surface area contributed by atoms with Crippen LogP contribution in [0, 0.1) is 0 Å². The molecule has 0 atom stereocenters. The zero-order valence-electron chi connectivity index (χ0n) is 14.3. The van der Waals surface area contributed by atoms with Crippen LogP contribution in [0.3, 0.4) is 0 Å². The van der Waals surface area contributed by atoms with Gasteiger partial charge in [-0.3, -0.25) is 24.7 Å². The molecular weight excluding hydrogens is 376 g/mol. The number of carbonyl (C=O) groups is 3. The number of piperazine rings is 1. The van der Waals surface area contributed by atoms with E-state index in [0.29, 0.717) is 23.0 Å². The minimum absolute atomic E-state index is 0.283. The van der Waals surface area contributed by atoms with Crippen molar-refractivity contribution in [2.24, 2.45) is 0 Å². The molecule has 1 aromatic rings. The first-order valence-corrected chi connectivity index (χ1v) is 9.36. The molecule has 1 N–H and O–H groups in total. The predicted molar refractivity (Wildman–Crippen MR) is 101 cm³/mol. The number of benzene rings is 1. The SMILES string of the molecule is CN1CCN(NC(=O)CN2C(=O)S/C(=C/c3ccc(Cl)cc3)C2=O)CC1. The maximum atomic E-state index is 12.4. The molecule has 0 bridgehead atoms. The van der Waals surface area contributed by atoms with E-state index in [4.69, 9.17) is 11.6 Å². The minimum atomic E-state index is -0.455. The molecular formula is C17H19ClN4O3S. The van der Waals surface area contributed by atoms with Crippen LogP contribution in [0.1, 0.15) is 5.56 Å². The third-order valence-corrected chi connectivity index (χ3v) is 5.29. The summed E-state index contributed by atoms with van der Waals surface area (Å²) in [6.07, 6.45) is 1.62. The van der Waals surface area contributed by atoms with E-state index in [9.17, 15) is 14.4 Å². The van der Waals surface area contributed by atoms with Crippen LogP contribution in [-0.2, 0) is 9.59 Å². The molecule has 0 unspecified atom stereocenters. The summed E-state index contributed by atoms with van der Waals surface area (Å²) in [6, 6.07) is 6.94. The van der Waals surface area contributed by atoms with E-state index >= 15 is 0 Å². The Morgan fingerprint density at radius 3 is 2.50 bits per heavy atom. The minimum Gasteiger partial charge on any atom is -0.304 e. The highest BCUT2D eigenvalue weighted by atomic mass is 35.5. The van der Waals surface area contributed by atoms with Crippen molar-refractivity contribution in [1.82, 2.24) is 20.2 Å². The van der Waals surface area contributed by atoms with Crippen molar-refractivity contribution in [3.63, 3.8) is 0 Å². The smallest absolute Gasteiger partial charge is 0.294 e. The van der Waals surface area contributed by atoms with Gasteiger partial charge in [0.2, 0.25) is 0 Å². The van der Waals surface area contributed by atoms with Crippen LogP contribution >= 0.6 is 23.4 Å². The fourth-order valence-electron chi connectivity index (χ4n) is 2.62. The summed E-state index contributed by atoms with van der Waals surface area (Å²) in [5, 5.41) is 1.96. The monoisotopic (exact) mass is 394 g/mol. The number of hydrogen-bond donors (Lipinski definition) is 1. The van der Waals surface area contributed by atoms with E-state index in [-0.39, 0.29) is 12.5 Å². The number of likely N-dealkylation sites (N-methyl/N-ethyl adjacent to an activating group) is 1. The molecule has 3 amide bonds. The summed E-state index contributed by atoms with van der Waals surface area (Å²) in [4.78, 5) is 40.2. The highest BCUT2D eigenvalue weighted by Gasteiger charge is 2.36. The van der Waals surface area contributed by atoms with Crippen molar-refractivity contribution < 1.29 is 14.4 Å².